The highest BCUT2D eigenvalue weighted by atomic mass is 35.5. The largest absolute Gasteiger partial charge is 0.407 e. The van der Waals surface area contributed by atoms with Gasteiger partial charge in [0.2, 0.25) is 5.89 Å². The minimum atomic E-state index is 0.265. The summed E-state index contributed by atoms with van der Waals surface area (Å²) < 4.78 is 5.56. The van der Waals surface area contributed by atoms with Gasteiger partial charge in [-0.25, -0.2) is 0 Å². The van der Waals surface area contributed by atoms with Crippen LogP contribution in [0.25, 0.3) is 0 Å². The number of thioether (sulfide) groups is 1. The van der Waals surface area contributed by atoms with Crippen LogP contribution in [0.15, 0.2) is 4.42 Å². The van der Waals surface area contributed by atoms with E-state index in [2.05, 4.69) is 22.4 Å². The zero-order valence-electron chi connectivity index (χ0n) is 8.62. The highest BCUT2D eigenvalue weighted by molar-refractivity contribution is 8.00. The fourth-order valence-electron chi connectivity index (χ4n) is 1.62. The Kier molecular flexibility index (Phi) is 3.41. The lowest BCUT2D eigenvalue weighted by Crippen LogP contribution is -2.27. The molecule has 1 saturated heterocycles. The monoisotopic (exact) mass is 247 g/mol. The van der Waals surface area contributed by atoms with E-state index in [9.17, 15) is 0 Å². The number of nitrogens with one attached hydrogen (secondary N) is 1. The number of alkyl halides is 1. The maximum Gasteiger partial charge on any atom is 0.315 e. The van der Waals surface area contributed by atoms with Crippen molar-refractivity contribution in [2.45, 2.75) is 30.4 Å². The molecule has 84 valence electrons. The fraction of sp³-hybridized carbons (Fsp3) is 0.778. The molecule has 4 nitrogen and oxygen atoms in total. The molecule has 1 aromatic heterocycles. The molecule has 6 heteroatoms. The van der Waals surface area contributed by atoms with Crippen LogP contribution in [0.1, 0.15) is 25.7 Å². The average molecular weight is 248 g/mol. The van der Waals surface area contributed by atoms with Crippen LogP contribution in [0, 0.1) is 0 Å². The molecule has 0 aliphatic carbocycles. The Bertz CT molecular complexity index is 325. The Hall–Kier alpha value is -0.420. The number of halogens is 1. The third-order valence-electron chi connectivity index (χ3n) is 2.50. The summed E-state index contributed by atoms with van der Waals surface area (Å²) in [4.78, 5) is 0. The van der Waals surface area contributed by atoms with Crippen molar-refractivity contribution in [1.29, 1.82) is 0 Å². The van der Waals surface area contributed by atoms with Crippen LogP contribution in [0.4, 0.5) is 6.01 Å². The van der Waals surface area contributed by atoms with Crippen molar-refractivity contribution in [3.63, 3.8) is 0 Å². The van der Waals surface area contributed by atoms with Crippen LogP contribution < -0.4 is 5.32 Å². The van der Waals surface area contributed by atoms with Crippen molar-refractivity contribution in [3.05, 3.63) is 5.89 Å². The van der Waals surface area contributed by atoms with Crippen LogP contribution in [-0.4, -0.2) is 27.2 Å². The van der Waals surface area contributed by atoms with Gasteiger partial charge >= 0.3 is 6.01 Å². The molecule has 1 aromatic rings. The zero-order valence-corrected chi connectivity index (χ0v) is 10.2. The second-order valence-corrected chi connectivity index (χ2v) is 5.84. The van der Waals surface area contributed by atoms with E-state index in [1.165, 1.54) is 18.6 Å². The molecule has 1 aliphatic heterocycles. The van der Waals surface area contributed by atoms with E-state index in [1.54, 1.807) is 0 Å². The number of hydrogen-bond donors (Lipinski definition) is 1. The Morgan fingerprint density at radius 3 is 3.07 bits per heavy atom. The van der Waals surface area contributed by atoms with E-state index >= 15 is 0 Å². The minimum Gasteiger partial charge on any atom is -0.407 e. The molecule has 0 spiro atoms. The van der Waals surface area contributed by atoms with Crippen molar-refractivity contribution < 1.29 is 4.42 Å². The van der Waals surface area contributed by atoms with Gasteiger partial charge in [0.1, 0.15) is 5.88 Å². The zero-order chi connectivity index (χ0) is 10.7. The maximum atomic E-state index is 5.57. The third kappa shape index (κ3) is 2.78. The predicted molar refractivity (Wildman–Crippen MR) is 62.4 cm³/mol. The Morgan fingerprint density at radius 2 is 2.47 bits per heavy atom. The molecule has 0 bridgehead atoms. The van der Waals surface area contributed by atoms with E-state index in [0.717, 1.165) is 6.54 Å². The molecule has 0 amide bonds. The summed E-state index contributed by atoms with van der Waals surface area (Å²) in [7, 11) is 0. The smallest absolute Gasteiger partial charge is 0.315 e. The summed E-state index contributed by atoms with van der Waals surface area (Å²) in [5.74, 6) is 1.97. The first-order valence-electron chi connectivity index (χ1n) is 4.98. The Labute approximate surface area is 98.2 Å². The van der Waals surface area contributed by atoms with E-state index in [1.807, 2.05) is 11.8 Å². The van der Waals surface area contributed by atoms with Gasteiger partial charge in [-0.2, -0.15) is 11.8 Å². The van der Waals surface area contributed by atoms with Crippen molar-refractivity contribution in [1.82, 2.24) is 10.2 Å². The number of anilines is 1. The first-order chi connectivity index (χ1) is 7.22. The molecule has 0 radical (unpaired) electrons. The number of aromatic nitrogens is 2. The standard InChI is InChI=1S/C9H14ClN3OS/c1-9(3-2-4-15-9)6-11-8-13-12-7(5-10)14-8/h2-6H2,1H3,(H,11,13). The summed E-state index contributed by atoms with van der Waals surface area (Å²) in [6.07, 6.45) is 2.53. The lowest BCUT2D eigenvalue weighted by atomic mass is 10.1. The molecule has 1 N–H and O–H groups in total. The van der Waals surface area contributed by atoms with E-state index in [0.29, 0.717) is 16.7 Å². The van der Waals surface area contributed by atoms with Gasteiger partial charge in [-0.3, -0.25) is 0 Å². The number of rotatable bonds is 4. The highest BCUT2D eigenvalue weighted by Crippen LogP contribution is 2.37. The molecule has 1 fully saturated rings. The second-order valence-electron chi connectivity index (χ2n) is 3.89. The topological polar surface area (TPSA) is 51.0 Å². The van der Waals surface area contributed by atoms with Gasteiger partial charge in [0.15, 0.2) is 0 Å². The molecule has 0 saturated carbocycles. The Morgan fingerprint density at radius 1 is 1.60 bits per heavy atom. The van der Waals surface area contributed by atoms with Gasteiger partial charge < -0.3 is 9.73 Å². The quantitative estimate of drug-likeness (QED) is 0.829. The van der Waals surface area contributed by atoms with Gasteiger partial charge in [-0.05, 0) is 25.5 Å². The Balaban J connectivity index is 1.87. The first-order valence-corrected chi connectivity index (χ1v) is 6.50. The van der Waals surface area contributed by atoms with Crippen molar-refractivity contribution in [3.8, 4) is 0 Å². The molecule has 0 aromatic carbocycles. The summed E-state index contributed by atoms with van der Waals surface area (Å²) in [6.45, 7) is 3.12. The second kappa shape index (κ2) is 4.61. The van der Waals surface area contributed by atoms with Crippen molar-refractivity contribution in [2.75, 3.05) is 17.6 Å². The molecule has 1 unspecified atom stereocenters. The van der Waals surface area contributed by atoms with Crippen molar-refractivity contribution in [2.24, 2.45) is 0 Å². The van der Waals surface area contributed by atoms with Gasteiger partial charge in [0, 0.05) is 11.3 Å². The predicted octanol–water partition coefficient (Wildman–Crippen LogP) is 2.51. The normalized spacial score (nSPS) is 25.7. The summed E-state index contributed by atoms with van der Waals surface area (Å²) >= 11 is 7.56. The lowest BCUT2D eigenvalue weighted by Gasteiger charge is -2.21. The van der Waals surface area contributed by atoms with Crippen LogP contribution >= 0.6 is 23.4 Å². The lowest BCUT2D eigenvalue weighted by molar-refractivity contribution is 0.519. The summed E-state index contributed by atoms with van der Waals surface area (Å²) in [5, 5.41) is 10.8. The van der Waals surface area contributed by atoms with Crippen LogP contribution in [-0.2, 0) is 5.88 Å². The number of nitrogens with zero attached hydrogens (tertiary/aromatic N) is 2. The average Bonchev–Trinajstić information content (AvgIpc) is 2.84. The molecule has 2 rings (SSSR count). The summed E-state index contributed by atoms with van der Waals surface area (Å²) in [5.41, 5.74) is 0. The van der Waals surface area contributed by atoms with Crippen LogP contribution in [0.3, 0.4) is 0 Å². The molecule has 15 heavy (non-hydrogen) atoms. The molecular formula is C9H14ClN3OS. The van der Waals surface area contributed by atoms with Crippen molar-refractivity contribution >= 4 is 29.4 Å². The summed E-state index contributed by atoms with van der Waals surface area (Å²) in [6, 6.07) is 0.472. The van der Waals surface area contributed by atoms with E-state index in [4.69, 9.17) is 16.0 Å². The molecule has 1 atom stereocenters. The molecule has 1 aliphatic rings. The van der Waals surface area contributed by atoms with Crippen LogP contribution in [0.2, 0.25) is 0 Å². The van der Waals surface area contributed by atoms with Gasteiger partial charge in [-0.15, -0.1) is 16.7 Å². The van der Waals surface area contributed by atoms with E-state index in [-0.39, 0.29) is 5.88 Å². The van der Waals surface area contributed by atoms with Gasteiger partial charge in [-0.1, -0.05) is 5.10 Å². The number of hydrogen-bond acceptors (Lipinski definition) is 5. The van der Waals surface area contributed by atoms with Crippen LogP contribution in [0.5, 0.6) is 0 Å². The van der Waals surface area contributed by atoms with E-state index < -0.39 is 0 Å². The fourth-order valence-corrected chi connectivity index (χ4v) is 2.97. The SMILES string of the molecule is CC1(CNc2nnc(CCl)o2)CCCS1. The van der Waals surface area contributed by atoms with Gasteiger partial charge in [0.05, 0.1) is 0 Å². The highest BCUT2D eigenvalue weighted by Gasteiger charge is 2.29. The molecular weight excluding hydrogens is 234 g/mol. The molecule has 2 heterocycles. The van der Waals surface area contributed by atoms with Gasteiger partial charge in [0.25, 0.3) is 0 Å². The third-order valence-corrected chi connectivity index (χ3v) is 4.26. The maximum absolute atomic E-state index is 5.57. The first kappa shape index (κ1) is 11.1. The minimum absolute atomic E-state index is 0.265.